The fourth-order valence-electron chi connectivity index (χ4n) is 1.74. The molecular formula is C14H15ClN2O2. The van der Waals surface area contributed by atoms with Crippen molar-refractivity contribution in [2.24, 2.45) is 0 Å². The molecule has 0 unspecified atom stereocenters. The van der Waals surface area contributed by atoms with Crippen molar-refractivity contribution in [2.45, 2.75) is 19.8 Å². The molecule has 1 N–H and O–H groups in total. The van der Waals surface area contributed by atoms with Crippen molar-refractivity contribution in [1.29, 1.82) is 0 Å². The van der Waals surface area contributed by atoms with Crippen LogP contribution in [0.25, 0.3) is 0 Å². The SMILES string of the molecule is Cc1cc(CCNC(=O)Cc2ccccc2Cl)on1. The van der Waals surface area contributed by atoms with Gasteiger partial charge < -0.3 is 9.84 Å². The van der Waals surface area contributed by atoms with Gasteiger partial charge in [-0.3, -0.25) is 4.79 Å². The van der Waals surface area contributed by atoms with Gasteiger partial charge in [0.2, 0.25) is 5.91 Å². The van der Waals surface area contributed by atoms with Crippen molar-refractivity contribution in [3.05, 3.63) is 52.4 Å². The molecule has 1 amide bonds. The third-order valence-corrected chi connectivity index (χ3v) is 3.05. The summed E-state index contributed by atoms with van der Waals surface area (Å²) in [6, 6.07) is 9.20. The quantitative estimate of drug-likeness (QED) is 0.914. The monoisotopic (exact) mass is 278 g/mol. The van der Waals surface area contributed by atoms with Crippen LogP contribution in [0.5, 0.6) is 0 Å². The summed E-state index contributed by atoms with van der Waals surface area (Å²) in [5, 5.41) is 7.23. The third kappa shape index (κ3) is 4.10. The van der Waals surface area contributed by atoms with Gasteiger partial charge in [0.15, 0.2) is 0 Å². The number of nitrogens with zero attached hydrogens (tertiary/aromatic N) is 1. The van der Waals surface area contributed by atoms with Crippen molar-refractivity contribution < 1.29 is 9.32 Å². The van der Waals surface area contributed by atoms with Crippen LogP contribution >= 0.6 is 11.6 Å². The Labute approximate surface area is 116 Å². The number of nitrogens with one attached hydrogen (secondary N) is 1. The van der Waals surface area contributed by atoms with E-state index in [1.807, 2.05) is 31.2 Å². The Kier molecular flexibility index (Phi) is 4.58. The minimum absolute atomic E-state index is 0.0515. The zero-order valence-corrected chi connectivity index (χ0v) is 11.4. The van der Waals surface area contributed by atoms with E-state index in [-0.39, 0.29) is 12.3 Å². The number of hydrogen-bond donors (Lipinski definition) is 1. The Morgan fingerprint density at radius 1 is 1.42 bits per heavy atom. The van der Waals surface area contributed by atoms with Gasteiger partial charge in [-0.2, -0.15) is 0 Å². The maximum absolute atomic E-state index is 11.7. The highest BCUT2D eigenvalue weighted by molar-refractivity contribution is 6.31. The van der Waals surface area contributed by atoms with Crippen LogP contribution in [-0.2, 0) is 17.6 Å². The van der Waals surface area contributed by atoms with Crippen molar-refractivity contribution in [2.75, 3.05) is 6.54 Å². The molecule has 2 aromatic rings. The molecule has 100 valence electrons. The Morgan fingerprint density at radius 3 is 2.89 bits per heavy atom. The first-order chi connectivity index (χ1) is 9.15. The highest BCUT2D eigenvalue weighted by Crippen LogP contribution is 2.15. The lowest BCUT2D eigenvalue weighted by Gasteiger charge is -2.05. The van der Waals surface area contributed by atoms with E-state index in [0.717, 1.165) is 17.0 Å². The molecule has 5 heteroatoms. The lowest BCUT2D eigenvalue weighted by molar-refractivity contribution is -0.120. The van der Waals surface area contributed by atoms with Crippen LogP contribution in [0.2, 0.25) is 5.02 Å². The molecule has 1 aromatic heterocycles. The molecule has 0 atom stereocenters. The molecule has 1 aromatic carbocycles. The van der Waals surface area contributed by atoms with E-state index >= 15 is 0 Å². The molecule has 0 saturated carbocycles. The summed E-state index contributed by atoms with van der Waals surface area (Å²) in [5.74, 6) is 0.722. The lowest BCUT2D eigenvalue weighted by atomic mass is 10.1. The number of halogens is 1. The molecule has 0 aliphatic rings. The molecule has 0 bridgehead atoms. The van der Waals surface area contributed by atoms with Crippen molar-refractivity contribution >= 4 is 17.5 Å². The predicted octanol–water partition coefficient (Wildman–Crippen LogP) is 2.54. The van der Waals surface area contributed by atoms with Gasteiger partial charge in [-0.15, -0.1) is 0 Å². The molecule has 1 heterocycles. The smallest absolute Gasteiger partial charge is 0.224 e. The standard InChI is InChI=1S/C14H15ClN2O2/c1-10-8-12(19-17-10)6-7-16-14(18)9-11-4-2-3-5-13(11)15/h2-5,8H,6-7,9H2,1H3,(H,16,18). The van der Waals surface area contributed by atoms with Gasteiger partial charge in [0, 0.05) is 24.1 Å². The average molecular weight is 279 g/mol. The van der Waals surface area contributed by atoms with Crippen molar-refractivity contribution in [1.82, 2.24) is 10.5 Å². The largest absolute Gasteiger partial charge is 0.361 e. The molecule has 0 aliphatic carbocycles. The van der Waals surface area contributed by atoms with E-state index in [2.05, 4.69) is 10.5 Å². The van der Waals surface area contributed by atoms with Crippen LogP contribution in [0, 0.1) is 6.92 Å². The van der Waals surface area contributed by atoms with E-state index in [9.17, 15) is 4.79 Å². The molecule has 4 nitrogen and oxygen atoms in total. The van der Waals surface area contributed by atoms with Gasteiger partial charge >= 0.3 is 0 Å². The van der Waals surface area contributed by atoms with Gasteiger partial charge in [0.1, 0.15) is 5.76 Å². The number of aromatic nitrogens is 1. The molecule has 0 aliphatic heterocycles. The van der Waals surface area contributed by atoms with E-state index in [1.165, 1.54) is 0 Å². The fraction of sp³-hybridized carbons (Fsp3) is 0.286. The molecular weight excluding hydrogens is 264 g/mol. The van der Waals surface area contributed by atoms with Gasteiger partial charge in [-0.25, -0.2) is 0 Å². The van der Waals surface area contributed by atoms with Crippen LogP contribution in [0.4, 0.5) is 0 Å². The van der Waals surface area contributed by atoms with Gasteiger partial charge in [0.25, 0.3) is 0 Å². The zero-order chi connectivity index (χ0) is 13.7. The molecule has 0 fully saturated rings. The fourth-order valence-corrected chi connectivity index (χ4v) is 1.94. The second-order valence-corrected chi connectivity index (χ2v) is 4.71. The van der Waals surface area contributed by atoms with Crippen LogP contribution in [0.3, 0.4) is 0 Å². The lowest BCUT2D eigenvalue weighted by Crippen LogP contribution is -2.27. The predicted molar refractivity (Wildman–Crippen MR) is 73.1 cm³/mol. The Bertz CT molecular complexity index is 566. The zero-order valence-electron chi connectivity index (χ0n) is 10.6. The summed E-state index contributed by atoms with van der Waals surface area (Å²) >= 11 is 6.00. The molecule has 2 rings (SSSR count). The first kappa shape index (κ1) is 13.6. The summed E-state index contributed by atoms with van der Waals surface area (Å²) in [6.45, 7) is 2.39. The summed E-state index contributed by atoms with van der Waals surface area (Å²) in [5.41, 5.74) is 1.68. The second kappa shape index (κ2) is 6.38. The third-order valence-electron chi connectivity index (χ3n) is 2.68. The number of carbonyl (C=O) groups excluding carboxylic acids is 1. The maximum Gasteiger partial charge on any atom is 0.224 e. The number of amides is 1. The summed E-state index contributed by atoms with van der Waals surface area (Å²) in [6.07, 6.45) is 0.921. The van der Waals surface area contributed by atoms with E-state index in [1.54, 1.807) is 6.07 Å². The first-order valence-corrected chi connectivity index (χ1v) is 6.45. The number of hydrogen-bond acceptors (Lipinski definition) is 3. The van der Waals surface area contributed by atoms with E-state index in [0.29, 0.717) is 18.0 Å². The maximum atomic E-state index is 11.7. The number of rotatable bonds is 5. The van der Waals surface area contributed by atoms with Gasteiger partial charge in [-0.1, -0.05) is 35.0 Å². The van der Waals surface area contributed by atoms with E-state index in [4.69, 9.17) is 16.1 Å². The van der Waals surface area contributed by atoms with Gasteiger partial charge in [0.05, 0.1) is 12.1 Å². The Hall–Kier alpha value is -1.81. The van der Waals surface area contributed by atoms with Crippen molar-refractivity contribution in [3.8, 4) is 0 Å². The number of carbonyl (C=O) groups is 1. The normalized spacial score (nSPS) is 10.4. The Morgan fingerprint density at radius 2 is 2.21 bits per heavy atom. The topological polar surface area (TPSA) is 55.1 Å². The van der Waals surface area contributed by atoms with Crippen LogP contribution in [0.1, 0.15) is 17.0 Å². The van der Waals surface area contributed by atoms with Crippen molar-refractivity contribution in [3.63, 3.8) is 0 Å². The highest BCUT2D eigenvalue weighted by atomic mass is 35.5. The second-order valence-electron chi connectivity index (χ2n) is 4.30. The molecule has 0 spiro atoms. The minimum atomic E-state index is -0.0515. The van der Waals surface area contributed by atoms with E-state index < -0.39 is 0 Å². The molecule has 0 saturated heterocycles. The van der Waals surface area contributed by atoms with Crippen LogP contribution < -0.4 is 5.32 Å². The number of aryl methyl sites for hydroxylation is 1. The van der Waals surface area contributed by atoms with Gasteiger partial charge in [-0.05, 0) is 18.6 Å². The average Bonchev–Trinajstić information content (AvgIpc) is 2.78. The molecule has 19 heavy (non-hydrogen) atoms. The summed E-state index contributed by atoms with van der Waals surface area (Å²) < 4.78 is 5.06. The first-order valence-electron chi connectivity index (χ1n) is 6.07. The summed E-state index contributed by atoms with van der Waals surface area (Å²) in [7, 11) is 0. The summed E-state index contributed by atoms with van der Waals surface area (Å²) in [4.78, 5) is 11.7. The number of benzene rings is 1. The minimum Gasteiger partial charge on any atom is -0.361 e. The highest BCUT2D eigenvalue weighted by Gasteiger charge is 2.07. The van der Waals surface area contributed by atoms with Crippen LogP contribution in [-0.4, -0.2) is 17.6 Å². The Balaban J connectivity index is 1.77. The molecule has 0 radical (unpaired) electrons. The van der Waals surface area contributed by atoms with Crippen LogP contribution in [0.15, 0.2) is 34.9 Å².